The third-order valence-electron chi connectivity index (χ3n) is 6.64. The van der Waals surface area contributed by atoms with Gasteiger partial charge >= 0.3 is 0 Å². The molecule has 0 atom stereocenters. The predicted octanol–water partition coefficient (Wildman–Crippen LogP) is 2.10. The molecule has 0 aliphatic heterocycles. The molecule has 2 fully saturated rings. The Bertz CT molecular complexity index is 1270. The van der Waals surface area contributed by atoms with Crippen molar-refractivity contribution < 1.29 is 24.2 Å². The van der Waals surface area contributed by atoms with Crippen molar-refractivity contribution in [3.63, 3.8) is 0 Å². The molecule has 0 aromatic carbocycles. The van der Waals surface area contributed by atoms with Crippen molar-refractivity contribution in [2.24, 2.45) is 11.1 Å². The molecule has 0 radical (unpaired) electrons. The van der Waals surface area contributed by atoms with Crippen LogP contribution in [0.1, 0.15) is 60.4 Å². The van der Waals surface area contributed by atoms with E-state index in [1.165, 1.54) is 0 Å². The molecule has 10 nitrogen and oxygen atoms in total. The number of rotatable bonds is 8. The van der Waals surface area contributed by atoms with E-state index in [4.69, 9.17) is 15.2 Å². The van der Waals surface area contributed by atoms with Crippen LogP contribution in [-0.2, 0) is 0 Å². The van der Waals surface area contributed by atoms with E-state index in [0.29, 0.717) is 17.1 Å². The number of hydrogen-bond donors (Lipinski definition) is 3. The van der Waals surface area contributed by atoms with Crippen LogP contribution in [0.3, 0.4) is 0 Å². The van der Waals surface area contributed by atoms with Crippen molar-refractivity contribution in [3.8, 4) is 11.6 Å². The lowest BCUT2D eigenvalue weighted by molar-refractivity contribution is -0.0848. The molecule has 35 heavy (non-hydrogen) atoms. The normalized spacial score (nSPS) is 23.4. The lowest BCUT2D eigenvalue weighted by Crippen LogP contribution is -2.58. The van der Waals surface area contributed by atoms with E-state index in [2.05, 4.69) is 15.3 Å². The van der Waals surface area contributed by atoms with Gasteiger partial charge in [0.05, 0.1) is 11.8 Å². The van der Waals surface area contributed by atoms with Gasteiger partial charge in [-0.1, -0.05) is 0 Å². The summed E-state index contributed by atoms with van der Waals surface area (Å²) in [4.78, 5) is 32.9. The highest BCUT2D eigenvalue weighted by Crippen LogP contribution is 2.56. The molecule has 2 aliphatic carbocycles. The number of ether oxygens (including phenoxy) is 2. The fourth-order valence-electron chi connectivity index (χ4n) is 4.98. The standard InChI is InChI=1S/C25H29N5O5/c1-24(2,33)14-34-16-5-7-30-19(13-28-20(30)8-16)22(32)29-15-9-25(10-15)11-17(12-25)35-23-18(21(26)31)4-3-6-27-23/h3-8,13,15,17,33H,9-12,14H2,1-2H3,(H2,26,31)(H,29,32). The number of nitrogens with zero attached hydrogens (tertiary/aromatic N) is 3. The van der Waals surface area contributed by atoms with Gasteiger partial charge in [0.25, 0.3) is 11.8 Å². The van der Waals surface area contributed by atoms with Crippen molar-refractivity contribution in [3.05, 3.63) is 54.1 Å². The number of amides is 2. The Kier molecular flexibility index (Phi) is 5.63. The minimum Gasteiger partial charge on any atom is -0.490 e. The molecule has 3 aromatic heterocycles. The van der Waals surface area contributed by atoms with Gasteiger partial charge in [0.15, 0.2) is 0 Å². The van der Waals surface area contributed by atoms with Crippen LogP contribution in [0.25, 0.3) is 5.65 Å². The lowest BCUT2D eigenvalue weighted by atomic mass is 9.53. The monoisotopic (exact) mass is 479 g/mol. The van der Waals surface area contributed by atoms with Gasteiger partial charge in [-0.2, -0.15) is 0 Å². The SMILES string of the molecule is CC(C)(O)COc1ccn2c(C(=O)NC3CC4(C3)CC(Oc3ncccc3C(N)=O)C4)cnc2c1. The van der Waals surface area contributed by atoms with E-state index >= 15 is 0 Å². The summed E-state index contributed by atoms with van der Waals surface area (Å²) in [6.07, 6.45) is 8.35. The molecule has 0 saturated heterocycles. The van der Waals surface area contributed by atoms with Gasteiger partial charge < -0.3 is 25.6 Å². The lowest BCUT2D eigenvalue weighted by Gasteiger charge is -2.57. The predicted molar refractivity (Wildman–Crippen MR) is 126 cm³/mol. The van der Waals surface area contributed by atoms with Gasteiger partial charge in [-0.25, -0.2) is 9.97 Å². The molecule has 2 saturated carbocycles. The molecule has 184 valence electrons. The first-order valence-electron chi connectivity index (χ1n) is 11.7. The second-order valence-electron chi connectivity index (χ2n) is 10.3. The number of nitrogens with two attached hydrogens (primary N) is 1. The Balaban J connectivity index is 1.13. The Morgan fingerprint density at radius 2 is 2.03 bits per heavy atom. The number of primary amides is 1. The van der Waals surface area contributed by atoms with Gasteiger partial charge in [-0.3, -0.25) is 14.0 Å². The molecule has 2 aliphatic rings. The Labute approximate surface area is 202 Å². The van der Waals surface area contributed by atoms with E-state index in [9.17, 15) is 14.7 Å². The van der Waals surface area contributed by atoms with Crippen LogP contribution < -0.4 is 20.5 Å². The van der Waals surface area contributed by atoms with Crippen LogP contribution in [0.5, 0.6) is 11.6 Å². The van der Waals surface area contributed by atoms with Crippen molar-refractivity contribution in [2.75, 3.05) is 6.61 Å². The minimum atomic E-state index is -0.940. The number of aliphatic hydroxyl groups is 1. The molecule has 0 unspecified atom stereocenters. The third-order valence-corrected chi connectivity index (χ3v) is 6.64. The molecule has 3 heterocycles. The van der Waals surface area contributed by atoms with Crippen LogP contribution in [0, 0.1) is 5.41 Å². The maximum Gasteiger partial charge on any atom is 0.270 e. The third kappa shape index (κ3) is 4.79. The summed E-state index contributed by atoms with van der Waals surface area (Å²) >= 11 is 0. The fraction of sp³-hybridized carbons (Fsp3) is 0.440. The number of carbonyl (C=O) groups is 2. The van der Waals surface area contributed by atoms with Crippen LogP contribution in [0.2, 0.25) is 0 Å². The molecule has 10 heteroatoms. The van der Waals surface area contributed by atoms with Crippen molar-refractivity contribution in [1.82, 2.24) is 19.7 Å². The van der Waals surface area contributed by atoms with Gasteiger partial charge in [-0.15, -0.1) is 0 Å². The Morgan fingerprint density at radius 3 is 2.74 bits per heavy atom. The zero-order chi connectivity index (χ0) is 24.8. The summed E-state index contributed by atoms with van der Waals surface area (Å²) in [6, 6.07) is 6.84. The quantitative estimate of drug-likeness (QED) is 0.449. The van der Waals surface area contributed by atoms with Crippen molar-refractivity contribution >= 4 is 17.5 Å². The maximum absolute atomic E-state index is 12.9. The average molecular weight is 480 g/mol. The first kappa shape index (κ1) is 23.1. The molecule has 1 spiro atoms. The Morgan fingerprint density at radius 1 is 1.26 bits per heavy atom. The number of imidazole rings is 1. The molecule has 0 bridgehead atoms. The number of fused-ring (bicyclic) bond motifs is 1. The van der Waals surface area contributed by atoms with Crippen LogP contribution >= 0.6 is 0 Å². The maximum atomic E-state index is 12.9. The minimum absolute atomic E-state index is 0.00810. The fourth-order valence-corrected chi connectivity index (χ4v) is 4.98. The zero-order valence-electron chi connectivity index (χ0n) is 19.7. The molecule has 5 rings (SSSR count). The summed E-state index contributed by atoms with van der Waals surface area (Å²) in [5, 5.41) is 12.9. The number of carbonyl (C=O) groups excluding carboxylic acids is 2. The Hall–Kier alpha value is -3.66. The summed E-state index contributed by atoms with van der Waals surface area (Å²) in [6.45, 7) is 3.50. The van der Waals surface area contributed by atoms with Crippen LogP contribution in [-0.4, -0.2) is 55.6 Å². The number of nitrogens with one attached hydrogen (secondary N) is 1. The summed E-state index contributed by atoms with van der Waals surface area (Å²) in [5.41, 5.74) is 5.96. The summed E-state index contributed by atoms with van der Waals surface area (Å²) < 4.78 is 13.2. The van der Waals surface area contributed by atoms with Crippen molar-refractivity contribution in [2.45, 2.75) is 57.3 Å². The molecule has 2 amide bonds. The van der Waals surface area contributed by atoms with Gasteiger partial charge in [0, 0.05) is 24.5 Å². The second kappa shape index (κ2) is 8.53. The second-order valence-corrected chi connectivity index (χ2v) is 10.3. The van der Waals surface area contributed by atoms with Gasteiger partial charge in [0.2, 0.25) is 5.88 Å². The number of pyridine rings is 2. The summed E-state index contributed by atoms with van der Waals surface area (Å²) in [5.74, 6) is 0.131. The molecule has 4 N–H and O–H groups in total. The highest BCUT2D eigenvalue weighted by molar-refractivity contribution is 5.95. The molecular formula is C25H29N5O5. The topological polar surface area (TPSA) is 141 Å². The van der Waals surface area contributed by atoms with E-state index in [-0.39, 0.29) is 41.5 Å². The average Bonchev–Trinajstić information content (AvgIpc) is 3.17. The molecule has 3 aromatic rings. The van der Waals surface area contributed by atoms with Gasteiger partial charge in [-0.05, 0) is 63.1 Å². The highest BCUT2D eigenvalue weighted by Gasteiger charge is 2.54. The van der Waals surface area contributed by atoms with E-state index in [1.807, 2.05) is 0 Å². The number of hydrogen-bond acceptors (Lipinski definition) is 7. The first-order chi connectivity index (χ1) is 16.6. The van der Waals surface area contributed by atoms with Crippen LogP contribution in [0.15, 0.2) is 42.9 Å². The zero-order valence-corrected chi connectivity index (χ0v) is 19.7. The van der Waals surface area contributed by atoms with E-state index < -0.39 is 11.5 Å². The van der Waals surface area contributed by atoms with Crippen molar-refractivity contribution in [1.29, 1.82) is 0 Å². The number of aromatic nitrogens is 3. The van der Waals surface area contributed by atoms with E-state index in [1.54, 1.807) is 61.1 Å². The summed E-state index contributed by atoms with van der Waals surface area (Å²) in [7, 11) is 0. The first-order valence-corrected chi connectivity index (χ1v) is 11.7. The van der Waals surface area contributed by atoms with Crippen LogP contribution in [0.4, 0.5) is 0 Å². The largest absolute Gasteiger partial charge is 0.490 e. The molecular weight excluding hydrogens is 450 g/mol. The smallest absolute Gasteiger partial charge is 0.270 e. The van der Waals surface area contributed by atoms with E-state index in [0.717, 1.165) is 25.7 Å². The van der Waals surface area contributed by atoms with Gasteiger partial charge in [0.1, 0.15) is 35.4 Å². The highest BCUT2D eigenvalue weighted by atomic mass is 16.5.